The van der Waals surface area contributed by atoms with E-state index >= 15 is 0 Å². The van der Waals surface area contributed by atoms with E-state index in [2.05, 4.69) is 19.9 Å². The van der Waals surface area contributed by atoms with Crippen LogP contribution in [-0.2, 0) is 9.59 Å². The van der Waals surface area contributed by atoms with Crippen LogP contribution in [0.5, 0.6) is 0 Å². The molecule has 1 aliphatic rings. The van der Waals surface area contributed by atoms with Crippen molar-refractivity contribution in [1.29, 1.82) is 0 Å². The maximum Gasteiger partial charge on any atom is 0.194 e. The van der Waals surface area contributed by atoms with Gasteiger partial charge in [-0.2, -0.15) is 0 Å². The van der Waals surface area contributed by atoms with Crippen molar-refractivity contribution in [2.24, 2.45) is 0 Å². The Kier molecular flexibility index (Phi) is 5.02. The molecule has 0 saturated heterocycles. The fraction of sp³-hybridized carbons (Fsp3) is 0. The van der Waals surface area contributed by atoms with Crippen molar-refractivity contribution in [3.05, 3.63) is 71.9 Å². The van der Waals surface area contributed by atoms with Crippen LogP contribution in [0.3, 0.4) is 0 Å². The maximum atomic E-state index is 13.3. The van der Waals surface area contributed by atoms with E-state index < -0.39 is 0 Å². The van der Waals surface area contributed by atoms with Gasteiger partial charge in [-0.25, -0.2) is 9.97 Å². The summed E-state index contributed by atoms with van der Waals surface area (Å²) < 4.78 is 0. The lowest BCUT2D eigenvalue weighted by Gasteiger charge is -2.05. The lowest BCUT2D eigenvalue weighted by molar-refractivity contribution is 0.104. The number of H-pyrrole nitrogens is 2. The minimum Gasteiger partial charge on any atom is -0.338 e. The Bertz CT molecular complexity index is 1640. The molecule has 2 N–H and O–H groups in total. The Labute approximate surface area is 197 Å². The molecule has 164 valence electrons. The topological polar surface area (TPSA) is 109 Å². The Morgan fingerprint density at radius 1 is 0.706 bits per heavy atom. The highest BCUT2D eigenvalue weighted by Gasteiger charge is 2.27. The van der Waals surface area contributed by atoms with Crippen molar-refractivity contribution in [1.82, 2.24) is 19.9 Å². The van der Waals surface area contributed by atoms with E-state index in [1.165, 1.54) is 0 Å². The zero-order chi connectivity index (χ0) is 23.2. The number of fused-ring (bicyclic) bond motifs is 4. The number of imidazole rings is 2. The number of ketones is 1. The summed E-state index contributed by atoms with van der Waals surface area (Å²) in [5.74, 6) is -0.0136. The average Bonchev–Trinajstić information content (AvgIpc) is 3.55. The molecule has 0 amide bonds. The minimum atomic E-state index is -0.0271. The molecule has 0 bridgehead atoms. The number of rotatable bonds is 6. The summed E-state index contributed by atoms with van der Waals surface area (Å²) >= 11 is 0. The van der Waals surface area contributed by atoms with E-state index in [1.807, 2.05) is 54.6 Å². The second-order valence-electron chi connectivity index (χ2n) is 7.84. The van der Waals surface area contributed by atoms with E-state index in [9.17, 15) is 14.4 Å². The van der Waals surface area contributed by atoms with E-state index in [0.29, 0.717) is 22.3 Å². The van der Waals surface area contributed by atoms with E-state index in [1.54, 1.807) is 6.20 Å². The highest BCUT2D eigenvalue weighted by molar-refractivity contribution is 7.62. The Balaban J connectivity index is 1.36. The van der Waals surface area contributed by atoms with Gasteiger partial charge in [0.15, 0.2) is 5.78 Å². The van der Waals surface area contributed by atoms with Crippen LogP contribution in [0.1, 0.15) is 15.9 Å². The maximum absolute atomic E-state index is 13.3. The van der Waals surface area contributed by atoms with Crippen molar-refractivity contribution in [3.8, 4) is 33.5 Å². The summed E-state index contributed by atoms with van der Waals surface area (Å²) in [5.41, 5.74) is 9.63. The monoisotopic (exact) mass is 482 g/mol. The summed E-state index contributed by atoms with van der Waals surface area (Å²) in [6, 6.07) is 19.3. The quantitative estimate of drug-likeness (QED) is 0.277. The van der Waals surface area contributed by atoms with Crippen LogP contribution in [0.25, 0.3) is 44.5 Å². The van der Waals surface area contributed by atoms with Gasteiger partial charge in [-0.1, -0.05) is 30.3 Å². The van der Waals surface area contributed by atoms with Crippen LogP contribution in [0, 0.1) is 0 Å². The second-order valence-corrected chi connectivity index (χ2v) is 9.83. The Morgan fingerprint density at radius 3 is 2.12 bits per heavy atom. The predicted octanol–water partition coefficient (Wildman–Crippen LogP) is 3.82. The normalized spacial score (nSPS) is 12.8. The number of benzene rings is 3. The third-order valence-corrected chi connectivity index (χ3v) is 7.19. The number of aromatic nitrogens is 4. The predicted molar refractivity (Wildman–Crippen MR) is 137 cm³/mol. The third kappa shape index (κ3) is 3.41. The van der Waals surface area contributed by atoms with Crippen molar-refractivity contribution in [3.63, 3.8) is 0 Å². The summed E-state index contributed by atoms with van der Waals surface area (Å²) in [7, 11) is -0.0345. The number of aromatic amines is 2. The van der Waals surface area contributed by atoms with Gasteiger partial charge in [0.25, 0.3) is 0 Å². The van der Waals surface area contributed by atoms with Crippen LogP contribution in [0.2, 0.25) is 0 Å². The molecule has 0 aliphatic heterocycles. The van der Waals surface area contributed by atoms with Crippen molar-refractivity contribution >= 4 is 57.2 Å². The molecular formula is C25H16N4O3P2. The lowest BCUT2D eigenvalue weighted by atomic mass is 9.98. The summed E-state index contributed by atoms with van der Waals surface area (Å²) in [5, 5.41) is 0. The van der Waals surface area contributed by atoms with E-state index in [-0.39, 0.29) is 22.9 Å². The second kappa shape index (κ2) is 8.21. The molecule has 2 unspecified atom stereocenters. The molecule has 5 aromatic rings. The number of hydrogen-bond acceptors (Lipinski definition) is 5. The molecule has 9 heteroatoms. The lowest BCUT2D eigenvalue weighted by Crippen LogP contribution is -1.98. The largest absolute Gasteiger partial charge is 0.338 e. The smallest absolute Gasteiger partial charge is 0.194 e. The number of carbonyl (C=O) groups excluding carboxylic acids is 3. The van der Waals surface area contributed by atoms with E-state index in [0.717, 1.165) is 56.6 Å². The molecule has 6 rings (SSSR count). The van der Waals surface area contributed by atoms with Gasteiger partial charge < -0.3 is 9.97 Å². The zero-order valence-electron chi connectivity index (χ0n) is 17.5. The van der Waals surface area contributed by atoms with Gasteiger partial charge in [-0.3, -0.25) is 14.4 Å². The van der Waals surface area contributed by atoms with E-state index in [4.69, 9.17) is 0 Å². The fourth-order valence-corrected chi connectivity index (χ4v) is 5.30. The first-order valence-electron chi connectivity index (χ1n) is 10.4. The molecule has 34 heavy (non-hydrogen) atoms. The van der Waals surface area contributed by atoms with Gasteiger partial charge in [-0.05, 0) is 46.5 Å². The number of hydrogen-bond donors (Lipinski definition) is 2. The highest BCUT2D eigenvalue weighted by atomic mass is 31.1. The highest BCUT2D eigenvalue weighted by Crippen LogP contribution is 2.40. The molecule has 1 aliphatic carbocycles. The molecule has 3 aromatic carbocycles. The summed E-state index contributed by atoms with van der Waals surface area (Å²) in [6.07, 6.45) is 1.69. The van der Waals surface area contributed by atoms with Gasteiger partial charge in [0.2, 0.25) is 0 Å². The van der Waals surface area contributed by atoms with Crippen LogP contribution in [-0.4, -0.2) is 37.8 Å². The third-order valence-electron chi connectivity index (χ3n) is 5.91. The molecule has 0 spiro atoms. The molecule has 0 saturated carbocycles. The number of carbonyl (C=O) groups is 3. The SMILES string of the molecule is O=CPc1ncc(-c2ccc3c(c2)C(=O)c2cc(-c4ccc5nc(PC=O)[nH]c5c4)ccc2-3)[nH]1. The zero-order valence-corrected chi connectivity index (χ0v) is 19.5. The van der Waals surface area contributed by atoms with Crippen molar-refractivity contribution < 1.29 is 14.4 Å². The summed E-state index contributed by atoms with van der Waals surface area (Å²) in [6.45, 7) is 0. The van der Waals surface area contributed by atoms with Gasteiger partial charge in [0.1, 0.15) is 23.2 Å². The molecule has 0 radical (unpaired) electrons. The Morgan fingerprint density at radius 2 is 1.35 bits per heavy atom. The van der Waals surface area contributed by atoms with Crippen LogP contribution in [0.4, 0.5) is 0 Å². The Hall–Kier alpha value is -3.79. The fourth-order valence-electron chi connectivity index (χ4n) is 4.34. The first-order valence-corrected chi connectivity index (χ1v) is 12.6. The molecule has 7 nitrogen and oxygen atoms in total. The van der Waals surface area contributed by atoms with Gasteiger partial charge in [0.05, 0.1) is 22.9 Å². The standard InChI is InChI=1S/C25H16N4O3P2/c30-11-33-24-26-10-22(29-24)15-2-5-17-16-4-1-13(7-18(16)23(32)19(17)8-15)14-3-6-20-21(9-14)28-25(27-20)34-12-31/h1-12,33-34H,(H,26,29)(H,27,28). The molecule has 0 fully saturated rings. The van der Waals surface area contributed by atoms with Crippen LogP contribution >= 0.6 is 17.2 Å². The van der Waals surface area contributed by atoms with Gasteiger partial charge in [0, 0.05) is 33.9 Å². The first kappa shape index (κ1) is 20.8. The molecule has 2 atom stereocenters. The molecule has 2 aromatic heterocycles. The minimum absolute atomic E-state index is 0.00745. The number of nitrogens with one attached hydrogen (secondary N) is 2. The van der Waals surface area contributed by atoms with Gasteiger partial charge >= 0.3 is 0 Å². The molecular weight excluding hydrogens is 466 g/mol. The van der Waals surface area contributed by atoms with Crippen molar-refractivity contribution in [2.45, 2.75) is 0 Å². The van der Waals surface area contributed by atoms with Crippen LogP contribution in [0.15, 0.2) is 60.8 Å². The molecule has 2 heterocycles. The first-order chi connectivity index (χ1) is 16.6. The average molecular weight is 482 g/mol. The van der Waals surface area contributed by atoms with Crippen molar-refractivity contribution in [2.75, 3.05) is 0 Å². The number of nitrogens with zero attached hydrogens (tertiary/aromatic N) is 2. The summed E-state index contributed by atoms with van der Waals surface area (Å²) in [4.78, 5) is 49.9. The van der Waals surface area contributed by atoms with Gasteiger partial charge in [-0.15, -0.1) is 0 Å². The van der Waals surface area contributed by atoms with Crippen LogP contribution < -0.4 is 11.1 Å².